The predicted octanol–water partition coefficient (Wildman–Crippen LogP) is 2.01. The minimum Gasteiger partial charge on any atom is -0.484 e. The molecular formula is C11H19FN2O3. The Kier molecular flexibility index (Phi) is 3.64. The van der Waals surface area contributed by atoms with Crippen molar-refractivity contribution in [1.82, 2.24) is 5.32 Å². The van der Waals surface area contributed by atoms with E-state index in [2.05, 4.69) is 10.3 Å². The monoisotopic (exact) mass is 246 g/mol. The van der Waals surface area contributed by atoms with Crippen LogP contribution in [0.5, 0.6) is 0 Å². The summed E-state index contributed by atoms with van der Waals surface area (Å²) in [5.74, 6) is -1.57. The van der Waals surface area contributed by atoms with Crippen LogP contribution < -0.4 is 5.32 Å². The highest BCUT2D eigenvalue weighted by atomic mass is 19.1. The van der Waals surface area contributed by atoms with E-state index in [-0.39, 0.29) is 12.3 Å². The fourth-order valence-corrected chi connectivity index (χ4v) is 1.49. The molecule has 2 atom stereocenters. The summed E-state index contributed by atoms with van der Waals surface area (Å²) in [6.45, 7) is 6.52. The van der Waals surface area contributed by atoms with E-state index in [0.717, 1.165) is 0 Å². The van der Waals surface area contributed by atoms with E-state index >= 15 is 0 Å². The summed E-state index contributed by atoms with van der Waals surface area (Å²) in [7, 11) is 1.42. The van der Waals surface area contributed by atoms with Crippen LogP contribution in [0.2, 0.25) is 0 Å². The molecule has 0 aromatic rings. The molecule has 1 heterocycles. The zero-order chi connectivity index (χ0) is 13.3. The van der Waals surface area contributed by atoms with Crippen molar-refractivity contribution in [2.45, 2.75) is 51.6 Å². The average molecular weight is 246 g/mol. The van der Waals surface area contributed by atoms with Crippen LogP contribution in [0.15, 0.2) is 4.99 Å². The van der Waals surface area contributed by atoms with E-state index in [1.54, 1.807) is 20.8 Å². The number of methoxy groups -OCH3 is 1. The number of alkyl halides is 1. The van der Waals surface area contributed by atoms with Crippen molar-refractivity contribution >= 4 is 12.0 Å². The molecule has 0 spiro atoms. The molecule has 0 aromatic carbocycles. The predicted molar refractivity (Wildman–Crippen MR) is 61.7 cm³/mol. The van der Waals surface area contributed by atoms with Gasteiger partial charge in [0.25, 0.3) is 0 Å². The van der Waals surface area contributed by atoms with Crippen molar-refractivity contribution in [3.05, 3.63) is 0 Å². The van der Waals surface area contributed by atoms with Crippen molar-refractivity contribution in [2.24, 2.45) is 4.99 Å². The summed E-state index contributed by atoms with van der Waals surface area (Å²) in [5.41, 5.74) is -0.611. The van der Waals surface area contributed by atoms with Gasteiger partial charge < -0.3 is 14.8 Å². The van der Waals surface area contributed by atoms with Crippen LogP contribution in [0.4, 0.5) is 9.18 Å². The van der Waals surface area contributed by atoms with Crippen molar-refractivity contribution in [2.75, 3.05) is 7.11 Å². The highest BCUT2D eigenvalue weighted by molar-refractivity contribution is 5.81. The lowest BCUT2D eigenvalue weighted by molar-refractivity contribution is 0.0433. The molecular weight excluding hydrogens is 227 g/mol. The Morgan fingerprint density at radius 3 is 2.59 bits per heavy atom. The molecule has 5 nitrogen and oxygen atoms in total. The molecule has 1 N–H and O–H groups in total. The van der Waals surface area contributed by atoms with Crippen LogP contribution in [0.25, 0.3) is 0 Å². The molecule has 1 amide bonds. The summed E-state index contributed by atoms with van der Waals surface area (Å²) < 4.78 is 23.9. The average Bonchev–Trinajstić information content (AvgIpc) is 2.38. The maximum atomic E-state index is 14.0. The minimum atomic E-state index is -1.86. The van der Waals surface area contributed by atoms with Gasteiger partial charge in [-0.1, -0.05) is 0 Å². The van der Waals surface area contributed by atoms with Crippen molar-refractivity contribution in [3.63, 3.8) is 0 Å². The SMILES string of the molecule is COC1=NC(C)(F)[C@@H](NC(=O)OC(C)(C)C)C1. The third-order valence-electron chi connectivity index (χ3n) is 2.28. The lowest BCUT2D eigenvalue weighted by atomic mass is 10.1. The van der Waals surface area contributed by atoms with Crippen molar-refractivity contribution < 1.29 is 18.7 Å². The molecule has 17 heavy (non-hydrogen) atoms. The first kappa shape index (κ1) is 13.7. The Morgan fingerprint density at radius 1 is 1.59 bits per heavy atom. The minimum absolute atomic E-state index is 0.225. The molecule has 0 saturated carbocycles. The first-order valence-electron chi connectivity index (χ1n) is 5.45. The van der Waals surface area contributed by atoms with Crippen LogP contribution in [-0.2, 0) is 9.47 Å². The Balaban J connectivity index is 2.57. The standard InChI is InChI=1S/C11H19FN2O3/c1-10(2,3)17-9(15)13-7-6-8(16-5)14-11(7,4)12/h7H,6H2,1-5H3,(H,13,15)/t7-,11?/m0/s1. The number of alkyl carbamates (subject to hydrolysis) is 1. The van der Waals surface area contributed by atoms with Gasteiger partial charge in [0.15, 0.2) is 5.90 Å². The molecule has 1 rings (SSSR count). The van der Waals surface area contributed by atoms with Crippen molar-refractivity contribution in [3.8, 4) is 0 Å². The Morgan fingerprint density at radius 2 is 2.18 bits per heavy atom. The molecule has 0 bridgehead atoms. The van der Waals surface area contributed by atoms with Crippen LogP contribution in [-0.4, -0.2) is 36.5 Å². The third kappa shape index (κ3) is 3.87. The Hall–Kier alpha value is -1.33. The normalized spacial score (nSPS) is 28.6. The van der Waals surface area contributed by atoms with Crippen LogP contribution in [0.3, 0.4) is 0 Å². The number of ether oxygens (including phenoxy) is 2. The van der Waals surface area contributed by atoms with E-state index < -0.39 is 23.5 Å². The van der Waals surface area contributed by atoms with E-state index in [1.165, 1.54) is 14.0 Å². The second-order valence-electron chi connectivity index (χ2n) is 5.14. The molecule has 0 saturated heterocycles. The number of nitrogens with zero attached hydrogens (tertiary/aromatic N) is 1. The van der Waals surface area contributed by atoms with Gasteiger partial charge >= 0.3 is 6.09 Å². The molecule has 6 heteroatoms. The number of halogens is 1. The van der Waals surface area contributed by atoms with Gasteiger partial charge in [-0.15, -0.1) is 0 Å². The molecule has 0 aromatic heterocycles. The lowest BCUT2D eigenvalue weighted by Crippen LogP contribution is -2.46. The number of aliphatic imine (C=N–C) groups is 1. The van der Waals surface area contributed by atoms with Crippen molar-refractivity contribution in [1.29, 1.82) is 0 Å². The van der Waals surface area contributed by atoms with Gasteiger partial charge in [-0.05, 0) is 27.7 Å². The fraction of sp³-hybridized carbons (Fsp3) is 0.818. The highest BCUT2D eigenvalue weighted by Crippen LogP contribution is 2.28. The number of amides is 1. The maximum Gasteiger partial charge on any atom is 0.408 e. The number of hydrogen-bond acceptors (Lipinski definition) is 4. The second-order valence-corrected chi connectivity index (χ2v) is 5.14. The number of carbonyl (C=O) groups is 1. The van der Waals surface area contributed by atoms with Gasteiger partial charge in [-0.2, -0.15) is 0 Å². The smallest absolute Gasteiger partial charge is 0.408 e. The molecule has 1 aliphatic rings. The summed E-state index contributed by atoms with van der Waals surface area (Å²) in [4.78, 5) is 15.2. The molecule has 0 aliphatic carbocycles. The lowest BCUT2D eigenvalue weighted by Gasteiger charge is -2.25. The van der Waals surface area contributed by atoms with Crippen LogP contribution in [0, 0.1) is 0 Å². The molecule has 1 aliphatic heterocycles. The molecule has 98 valence electrons. The zero-order valence-corrected chi connectivity index (χ0v) is 10.8. The molecule has 0 radical (unpaired) electrons. The van der Waals surface area contributed by atoms with E-state index in [1.807, 2.05) is 0 Å². The van der Waals surface area contributed by atoms with Gasteiger partial charge in [-0.25, -0.2) is 14.2 Å². The zero-order valence-electron chi connectivity index (χ0n) is 10.8. The Bertz CT molecular complexity index is 334. The van der Waals surface area contributed by atoms with E-state index in [4.69, 9.17) is 9.47 Å². The van der Waals surface area contributed by atoms with Gasteiger partial charge in [-0.3, -0.25) is 0 Å². The first-order chi connectivity index (χ1) is 7.64. The third-order valence-corrected chi connectivity index (χ3v) is 2.28. The summed E-state index contributed by atoms with van der Waals surface area (Å²) >= 11 is 0. The largest absolute Gasteiger partial charge is 0.484 e. The summed E-state index contributed by atoms with van der Waals surface area (Å²) in [6.07, 6.45) is -0.429. The maximum absolute atomic E-state index is 14.0. The Labute approximate surface area is 100 Å². The number of hydrogen-bond donors (Lipinski definition) is 1. The van der Waals surface area contributed by atoms with Gasteiger partial charge in [0.05, 0.1) is 13.2 Å². The second kappa shape index (κ2) is 4.50. The number of rotatable bonds is 1. The van der Waals surface area contributed by atoms with Gasteiger partial charge in [0, 0.05) is 6.42 Å². The highest BCUT2D eigenvalue weighted by Gasteiger charge is 2.42. The number of carbonyl (C=O) groups excluding carboxylic acids is 1. The molecule has 1 unspecified atom stereocenters. The quantitative estimate of drug-likeness (QED) is 0.720. The van der Waals surface area contributed by atoms with Crippen LogP contribution in [0.1, 0.15) is 34.1 Å². The van der Waals surface area contributed by atoms with Crippen LogP contribution >= 0.6 is 0 Å². The van der Waals surface area contributed by atoms with E-state index in [0.29, 0.717) is 0 Å². The van der Waals surface area contributed by atoms with Gasteiger partial charge in [0.2, 0.25) is 5.79 Å². The fourth-order valence-electron chi connectivity index (χ4n) is 1.49. The number of nitrogens with one attached hydrogen (secondary N) is 1. The van der Waals surface area contributed by atoms with Gasteiger partial charge in [0.1, 0.15) is 5.60 Å². The topological polar surface area (TPSA) is 59.9 Å². The summed E-state index contributed by atoms with van der Waals surface area (Å²) in [5, 5.41) is 2.46. The molecule has 0 fully saturated rings. The first-order valence-corrected chi connectivity index (χ1v) is 5.45. The van der Waals surface area contributed by atoms with E-state index in [9.17, 15) is 9.18 Å². The summed E-state index contributed by atoms with van der Waals surface area (Å²) in [6, 6.07) is -0.757.